The average molecular weight is 885 g/mol. The van der Waals surface area contributed by atoms with Crippen molar-refractivity contribution in [2.45, 2.75) is 103 Å². The van der Waals surface area contributed by atoms with Crippen LogP contribution in [-0.4, -0.2) is 13.2 Å². The summed E-state index contributed by atoms with van der Waals surface area (Å²) in [5.74, 6) is 1.99. The molecule has 0 N–H and O–H groups in total. The fourth-order valence-corrected chi connectivity index (χ4v) is 17.8. The maximum Gasteiger partial charge on any atom is 0.126 e. The molecule has 0 radical (unpaired) electrons. The normalized spacial score (nSPS) is 11.7. The SMILES string of the molecule is CCCCCCCCOc1cc(C[P+](c2ccccc2)(c2ccccc2)c2ccccc2)c(OCCCCCCCC)cc1C[P+](c1ccccc1)(c1ccccc1)c1ccccc1. The molecule has 0 aliphatic carbocycles. The monoisotopic (exact) mass is 884 g/mol. The van der Waals surface area contributed by atoms with Crippen molar-refractivity contribution in [1.82, 2.24) is 0 Å². The molecule has 0 spiro atoms. The van der Waals surface area contributed by atoms with Crippen LogP contribution in [0.1, 0.15) is 102 Å². The first-order chi connectivity index (χ1) is 31.7. The van der Waals surface area contributed by atoms with Gasteiger partial charge in [-0.1, -0.05) is 187 Å². The number of unbranched alkanes of at least 4 members (excludes halogenated alkanes) is 10. The van der Waals surface area contributed by atoms with Gasteiger partial charge in [-0.3, -0.25) is 0 Å². The van der Waals surface area contributed by atoms with Crippen LogP contribution < -0.4 is 41.3 Å². The summed E-state index contributed by atoms with van der Waals surface area (Å²) in [6.45, 7) is 5.97. The highest BCUT2D eigenvalue weighted by Crippen LogP contribution is 2.62. The van der Waals surface area contributed by atoms with E-state index in [2.05, 4.69) is 208 Å². The summed E-state index contributed by atoms with van der Waals surface area (Å²) >= 11 is 0. The Balaban J connectivity index is 1.42. The van der Waals surface area contributed by atoms with Gasteiger partial charge in [0.2, 0.25) is 0 Å². The van der Waals surface area contributed by atoms with E-state index in [1.54, 1.807) is 0 Å². The van der Waals surface area contributed by atoms with Gasteiger partial charge in [0.25, 0.3) is 0 Å². The maximum atomic E-state index is 7.18. The van der Waals surface area contributed by atoms with Crippen LogP contribution >= 0.6 is 14.5 Å². The first-order valence-electron chi connectivity index (χ1n) is 24.2. The fraction of sp³-hybridized carbons (Fsp3) is 0.300. The predicted octanol–water partition coefficient (Wildman–Crippen LogP) is 14.2. The van der Waals surface area contributed by atoms with E-state index in [1.807, 2.05) is 0 Å². The summed E-state index contributed by atoms with van der Waals surface area (Å²) < 4.78 is 14.4. The van der Waals surface area contributed by atoms with Crippen molar-refractivity contribution in [3.8, 4) is 11.5 Å². The van der Waals surface area contributed by atoms with E-state index in [4.69, 9.17) is 9.47 Å². The molecule has 64 heavy (non-hydrogen) atoms. The standard InChI is InChI=1S/C60H70O2P2/c1-3-5-7-9-11-31-45-61-59-47-52(50-64(56-39-25-16-26-40-56,57-41-27-17-28-42-57)58-43-29-18-30-44-58)60(62-46-32-12-10-8-6-4-2)48-51(59)49-63(53-33-19-13-20-34-53,54-35-21-14-22-36-54)55-37-23-15-24-38-55/h13-30,33-44,47-48H,3-12,31-32,45-46,49-50H2,1-2H3/q+2. The smallest absolute Gasteiger partial charge is 0.126 e. The largest absolute Gasteiger partial charge is 0.493 e. The number of rotatable bonds is 26. The number of ether oxygens (including phenoxy) is 2. The summed E-state index contributed by atoms with van der Waals surface area (Å²) in [6, 6.07) is 72.5. The second kappa shape index (κ2) is 24.9. The van der Waals surface area contributed by atoms with E-state index in [9.17, 15) is 0 Å². The Morgan fingerprint density at radius 1 is 0.297 bits per heavy atom. The van der Waals surface area contributed by atoms with E-state index in [0.717, 1.165) is 36.7 Å². The van der Waals surface area contributed by atoms with Gasteiger partial charge in [-0.2, -0.15) is 0 Å². The molecule has 7 aromatic rings. The number of hydrogen-bond acceptors (Lipinski definition) is 2. The van der Waals surface area contributed by atoms with Crippen LogP contribution in [0.25, 0.3) is 0 Å². The topological polar surface area (TPSA) is 18.5 Å². The van der Waals surface area contributed by atoms with Crippen LogP contribution in [0.15, 0.2) is 194 Å². The third-order valence-corrected chi connectivity index (χ3v) is 21.5. The van der Waals surface area contributed by atoms with Gasteiger partial charge in [0, 0.05) is 11.1 Å². The molecule has 0 atom stereocenters. The molecule has 0 saturated carbocycles. The van der Waals surface area contributed by atoms with Gasteiger partial charge in [0.05, 0.1) is 13.2 Å². The first kappa shape index (κ1) is 47.0. The van der Waals surface area contributed by atoms with Crippen LogP contribution in [-0.2, 0) is 12.3 Å². The van der Waals surface area contributed by atoms with Crippen LogP contribution in [0, 0.1) is 0 Å². The second-order valence-corrected chi connectivity index (χ2v) is 24.2. The molecule has 7 aromatic carbocycles. The first-order valence-corrected chi connectivity index (χ1v) is 28.1. The number of hydrogen-bond donors (Lipinski definition) is 0. The Hall–Kier alpha value is -5.00. The Kier molecular flexibility index (Phi) is 18.3. The Morgan fingerprint density at radius 2 is 0.531 bits per heavy atom. The van der Waals surface area contributed by atoms with E-state index < -0.39 is 14.5 Å². The van der Waals surface area contributed by atoms with Gasteiger partial charge in [-0.05, 0) is 97.8 Å². The lowest BCUT2D eigenvalue weighted by molar-refractivity contribution is 0.292. The molecular formula is C60H70O2P2+2. The molecule has 0 fully saturated rings. The maximum absolute atomic E-state index is 7.18. The van der Waals surface area contributed by atoms with Crippen LogP contribution in [0.4, 0.5) is 0 Å². The Bertz CT molecular complexity index is 1990. The van der Waals surface area contributed by atoms with Crippen molar-refractivity contribution in [3.63, 3.8) is 0 Å². The van der Waals surface area contributed by atoms with E-state index in [0.29, 0.717) is 13.2 Å². The minimum Gasteiger partial charge on any atom is -0.493 e. The molecule has 0 aromatic heterocycles. The van der Waals surface area contributed by atoms with Crippen molar-refractivity contribution in [2.75, 3.05) is 13.2 Å². The highest BCUT2D eigenvalue weighted by Gasteiger charge is 2.48. The Morgan fingerprint density at radius 3 is 0.781 bits per heavy atom. The van der Waals surface area contributed by atoms with E-state index >= 15 is 0 Å². The minimum atomic E-state index is -2.25. The van der Waals surface area contributed by atoms with Crippen LogP contribution in [0.5, 0.6) is 11.5 Å². The quantitative estimate of drug-likeness (QED) is 0.0398. The second-order valence-electron chi connectivity index (χ2n) is 17.2. The van der Waals surface area contributed by atoms with Gasteiger partial charge in [0.1, 0.15) is 70.2 Å². The zero-order valence-corrected chi connectivity index (χ0v) is 40.3. The molecular weight excluding hydrogens is 815 g/mol. The summed E-state index contributed by atoms with van der Waals surface area (Å²) in [6.07, 6.45) is 16.3. The fourth-order valence-electron chi connectivity index (χ4n) is 9.34. The van der Waals surface area contributed by atoms with Gasteiger partial charge < -0.3 is 9.47 Å². The lowest BCUT2D eigenvalue weighted by Gasteiger charge is -2.30. The molecule has 0 saturated heterocycles. The van der Waals surface area contributed by atoms with E-state index in [-0.39, 0.29) is 0 Å². The van der Waals surface area contributed by atoms with Gasteiger partial charge in [-0.15, -0.1) is 0 Å². The summed E-state index contributed by atoms with van der Waals surface area (Å²) in [5.41, 5.74) is 2.45. The van der Waals surface area contributed by atoms with Crippen molar-refractivity contribution in [3.05, 3.63) is 205 Å². The molecule has 0 aliphatic rings. The third kappa shape index (κ3) is 11.8. The molecule has 330 valence electrons. The highest BCUT2D eigenvalue weighted by atomic mass is 31.2. The van der Waals surface area contributed by atoms with Gasteiger partial charge in [-0.25, -0.2) is 0 Å². The van der Waals surface area contributed by atoms with Crippen LogP contribution in [0.3, 0.4) is 0 Å². The zero-order chi connectivity index (χ0) is 44.1. The van der Waals surface area contributed by atoms with Crippen molar-refractivity contribution >= 4 is 46.4 Å². The Labute approximate surface area is 387 Å². The van der Waals surface area contributed by atoms with E-state index in [1.165, 1.54) is 107 Å². The summed E-state index contributed by atoms with van der Waals surface area (Å²) in [4.78, 5) is 0. The van der Waals surface area contributed by atoms with Crippen molar-refractivity contribution < 1.29 is 9.47 Å². The lowest BCUT2D eigenvalue weighted by atomic mass is 10.1. The predicted molar refractivity (Wildman–Crippen MR) is 282 cm³/mol. The van der Waals surface area contributed by atoms with Crippen LogP contribution in [0.2, 0.25) is 0 Å². The van der Waals surface area contributed by atoms with Gasteiger partial charge >= 0.3 is 0 Å². The molecule has 0 amide bonds. The molecule has 4 heteroatoms. The molecule has 0 bridgehead atoms. The van der Waals surface area contributed by atoms with Gasteiger partial charge in [0.15, 0.2) is 0 Å². The van der Waals surface area contributed by atoms with Crippen molar-refractivity contribution in [2.24, 2.45) is 0 Å². The molecule has 0 unspecified atom stereocenters. The number of benzene rings is 7. The minimum absolute atomic E-state index is 0.695. The molecule has 2 nitrogen and oxygen atoms in total. The lowest BCUT2D eigenvalue weighted by Crippen LogP contribution is -2.33. The summed E-state index contributed by atoms with van der Waals surface area (Å²) in [5, 5.41) is 8.22. The van der Waals surface area contributed by atoms with Crippen molar-refractivity contribution in [1.29, 1.82) is 0 Å². The highest BCUT2D eigenvalue weighted by molar-refractivity contribution is 7.95. The molecule has 7 rings (SSSR count). The molecule has 0 heterocycles. The summed E-state index contributed by atoms with van der Waals surface area (Å²) in [7, 11) is -4.51. The average Bonchev–Trinajstić information content (AvgIpc) is 3.36. The zero-order valence-electron chi connectivity index (χ0n) is 38.5. The third-order valence-electron chi connectivity index (χ3n) is 12.8. The molecule has 0 aliphatic heterocycles.